The van der Waals surface area contributed by atoms with E-state index in [2.05, 4.69) is 54.6 Å². The number of para-hydroxylation sites is 1. The molecular weight excluding hydrogens is 593 g/mol. The second kappa shape index (κ2) is 11.1. The fourth-order valence-corrected chi connectivity index (χ4v) is 7.00. The maximum atomic E-state index is 9.40. The minimum atomic E-state index is -0.655. The van der Waals surface area contributed by atoms with E-state index in [4.69, 9.17) is 15.4 Å². The third-order valence-electron chi connectivity index (χ3n) is 9.25. The largest absolute Gasteiger partial charge is 0.455 e. The van der Waals surface area contributed by atoms with Gasteiger partial charge in [-0.25, -0.2) is 0 Å². The van der Waals surface area contributed by atoms with Crippen molar-refractivity contribution in [2.75, 3.05) is 0 Å². The standard InChI is InChI=1S/C48H30O/c1-2-11-31(12-3-1)37-27-28-38-43-19-10-20-44(48(43)49-45(38)30-37)47-41-17-8-6-15-39(41)46(40-16-7-9-18-42(40)47)34-24-21-33(22-25-34)36-26-23-32-13-4-5-14-35(32)29-36/h1-30H/i1D,2D,3D,10D,11D,12D,19D,20D,27D,28D,30D. The van der Waals surface area contributed by atoms with Crippen LogP contribution in [0, 0.1) is 0 Å². The normalized spacial score (nSPS) is 14.8. The van der Waals surface area contributed by atoms with Gasteiger partial charge in [0.05, 0.1) is 15.1 Å². The summed E-state index contributed by atoms with van der Waals surface area (Å²) in [4.78, 5) is 0. The smallest absolute Gasteiger partial charge is 0.143 e. The molecule has 0 fully saturated rings. The summed E-state index contributed by atoms with van der Waals surface area (Å²) in [5.74, 6) is 0. The second-order valence-electron chi connectivity index (χ2n) is 12.0. The lowest BCUT2D eigenvalue weighted by Gasteiger charge is -2.18. The van der Waals surface area contributed by atoms with Crippen molar-refractivity contribution in [1.29, 1.82) is 0 Å². The van der Waals surface area contributed by atoms with E-state index in [1.807, 2.05) is 60.7 Å². The molecule has 1 heteroatoms. The Morgan fingerprint density at radius 2 is 1.02 bits per heavy atom. The van der Waals surface area contributed by atoms with E-state index in [9.17, 15) is 4.11 Å². The Hall–Kier alpha value is -6.44. The monoisotopic (exact) mass is 633 g/mol. The fourth-order valence-electron chi connectivity index (χ4n) is 7.00. The topological polar surface area (TPSA) is 13.1 Å². The Balaban J connectivity index is 1.25. The molecule has 0 N–H and O–H groups in total. The highest BCUT2D eigenvalue weighted by molar-refractivity contribution is 6.24. The fraction of sp³-hybridized carbons (Fsp3) is 0. The third-order valence-corrected chi connectivity index (χ3v) is 9.25. The third kappa shape index (κ3) is 4.47. The first-order valence-corrected chi connectivity index (χ1v) is 15.9. The minimum Gasteiger partial charge on any atom is -0.455 e. The molecule has 49 heavy (non-hydrogen) atoms. The van der Waals surface area contributed by atoms with E-state index in [-0.39, 0.29) is 39.1 Å². The number of fused-ring (bicyclic) bond motifs is 6. The quantitative estimate of drug-likeness (QED) is 0.176. The zero-order chi connectivity index (χ0) is 41.9. The van der Waals surface area contributed by atoms with Crippen molar-refractivity contribution in [2.45, 2.75) is 0 Å². The summed E-state index contributed by atoms with van der Waals surface area (Å²) in [6, 6.07) is 32.6. The Labute approximate surface area is 299 Å². The molecule has 0 aliphatic heterocycles. The van der Waals surface area contributed by atoms with Gasteiger partial charge in [-0.05, 0) is 83.8 Å². The molecule has 1 heterocycles. The summed E-state index contributed by atoms with van der Waals surface area (Å²) >= 11 is 0. The zero-order valence-corrected chi connectivity index (χ0v) is 25.9. The van der Waals surface area contributed by atoms with Crippen LogP contribution >= 0.6 is 0 Å². The van der Waals surface area contributed by atoms with E-state index in [0.717, 1.165) is 49.2 Å². The highest BCUT2D eigenvalue weighted by Gasteiger charge is 2.20. The van der Waals surface area contributed by atoms with Crippen molar-refractivity contribution in [3.05, 3.63) is 182 Å². The van der Waals surface area contributed by atoms with Crippen molar-refractivity contribution in [1.82, 2.24) is 0 Å². The van der Waals surface area contributed by atoms with Crippen molar-refractivity contribution < 1.29 is 19.5 Å². The van der Waals surface area contributed by atoms with Crippen LogP contribution in [0.2, 0.25) is 0 Å². The summed E-state index contributed by atoms with van der Waals surface area (Å²) in [5.41, 5.74) is 3.69. The van der Waals surface area contributed by atoms with Crippen LogP contribution in [0.25, 0.3) is 98.8 Å². The molecule has 0 atom stereocenters. The molecule has 10 rings (SSSR count). The molecule has 0 unspecified atom stereocenters. The molecular formula is C48H30O. The Morgan fingerprint density at radius 3 is 1.76 bits per heavy atom. The summed E-state index contributed by atoms with van der Waals surface area (Å²) in [5, 5.41) is 5.37. The van der Waals surface area contributed by atoms with E-state index < -0.39 is 66.0 Å². The Bertz CT molecular complexity index is 3410. The van der Waals surface area contributed by atoms with Gasteiger partial charge >= 0.3 is 0 Å². The second-order valence-corrected chi connectivity index (χ2v) is 12.0. The predicted molar refractivity (Wildman–Crippen MR) is 208 cm³/mol. The SMILES string of the molecule is [2H]c1c([2H])c([2H])c(-c2c([2H])c([2H])c3c(oc4c(-c5c6ccccc6c(-c6ccc(-c7ccc8ccccc8c7)cc6)c6ccccc56)c([2H])c([2H])c([2H])c43)c2[2H])c([2H])c1[2H]. The molecule has 0 saturated heterocycles. The van der Waals surface area contributed by atoms with Crippen LogP contribution in [0.15, 0.2) is 186 Å². The van der Waals surface area contributed by atoms with Gasteiger partial charge in [-0.3, -0.25) is 0 Å². The number of hydrogen-bond acceptors (Lipinski definition) is 1. The van der Waals surface area contributed by atoms with Gasteiger partial charge in [-0.2, -0.15) is 0 Å². The molecule has 0 aliphatic carbocycles. The van der Waals surface area contributed by atoms with Crippen LogP contribution in [-0.2, 0) is 0 Å². The summed E-state index contributed by atoms with van der Waals surface area (Å²) in [7, 11) is 0. The summed E-state index contributed by atoms with van der Waals surface area (Å²) in [6.07, 6.45) is 0. The highest BCUT2D eigenvalue weighted by atomic mass is 16.3. The van der Waals surface area contributed by atoms with E-state index in [0.29, 0.717) is 5.56 Å². The number of hydrogen-bond donors (Lipinski definition) is 0. The molecule has 0 amide bonds. The van der Waals surface area contributed by atoms with Gasteiger partial charge in [0.25, 0.3) is 0 Å². The molecule has 10 aromatic rings. The molecule has 228 valence electrons. The van der Waals surface area contributed by atoms with E-state index >= 15 is 0 Å². The van der Waals surface area contributed by atoms with Gasteiger partial charge in [0, 0.05) is 21.9 Å². The number of benzene rings is 9. The molecule has 0 aliphatic rings. The molecule has 0 radical (unpaired) electrons. The number of furan rings is 1. The first-order valence-electron chi connectivity index (χ1n) is 21.4. The predicted octanol–water partition coefficient (Wildman–Crippen LogP) is 13.7. The van der Waals surface area contributed by atoms with Crippen LogP contribution in [-0.4, -0.2) is 0 Å². The van der Waals surface area contributed by atoms with Gasteiger partial charge < -0.3 is 4.42 Å². The molecule has 9 aromatic carbocycles. The Kier molecular flexibility index (Phi) is 4.25. The highest BCUT2D eigenvalue weighted by Crippen LogP contribution is 2.47. The first-order chi connectivity index (χ1) is 28.9. The molecule has 1 nitrogen and oxygen atoms in total. The van der Waals surface area contributed by atoms with Crippen LogP contribution in [0.4, 0.5) is 0 Å². The average molecular weight is 634 g/mol. The summed E-state index contributed by atoms with van der Waals surface area (Å²) in [6.45, 7) is 0. The first kappa shape index (κ1) is 18.8. The van der Waals surface area contributed by atoms with Crippen molar-refractivity contribution in [2.24, 2.45) is 0 Å². The lowest BCUT2D eigenvalue weighted by atomic mass is 9.85. The number of rotatable bonds is 4. The lowest BCUT2D eigenvalue weighted by molar-refractivity contribution is 0.670. The molecule has 1 aromatic heterocycles. The van der Waals surface area contributed by atoms with Gasteiger partial charge in [0.15, 0.2) is 0 Å². The Morgan fingerprint density at radius 1 is 0.388 bits per heavy atom. The van der Waals surface area contributed by atoms with Crippen molar-refractivity contribution >= 4 is 54.3 Å². The van der Waals surface area contributed by atoms with Gasteiger partial charge in [0.1, 0.15) is 11.2 Å². The van der Waals surface area contributed by atoms with Crippen molar-refractivity contribution in [3.8, 4) is 44.5 Å². The average Bonchev–Trinajstić information content (AvgIpc) is 3.68. The van der Waals surface area contributed by atoms with Crippen LogP contribution in [0.5, 0.6) is 0 Å². The lowest BCUT2D eigenvalue weighted by Crippen LogP contribution is -1.91. The molecule has 0 bridgehead atoms. The van der Waals surface area contributed by atoms with E-state index in [1.165, 1.54) is 5.39 Å². The maximum Gasteiger partial charge on any atom is 0.143 e. The van der Waals surface area contributed by atoms with Crippen LogP contribution in [0.1, 0.15) is 15.1 Å². The van der Waals surface area contributed by atoms with Crippen LogP contribution in [0.3, 0.4) is 0 Å². The summed E-state index contributed by atoms with van der Waals surface area (Å²) < 4.78 is 103. The van der Waals surface area contributed by atoms with E-state index in [1.54, 1.807) is 0 Å². The molecule has 0 saturated carbocycles. The maximum absolute atomic E-state index is 9.40. The van der Waals surface area contributed by atoms with Crippen molar-refractivity contribution in [3.63, 3.8) is 0 Å². The van der Waals surface area contributed by atoms with Gasteiger partial charge in [-0.15, -0.1) is 0 Å². The van der Waals surface area contributed by atoms with Gasteiger partial charge in [0.2, 0.25) is 0 Å². The zero-order valence-electron chi connectivity index (χ0n) is 36.9. The molecule has 0 spiro atoms. The minimum absolute atomic E-state index is 0.0258. The van der Waals surface area contributed by atoms with Gasteiger partial charge in [-0.1, -0.05) is 164 Å². The van der Waals surface area contributed by atoms with Crippen LogP contribution < -0.4 is 0 Å².